The smallest absolute Gasteiger partial charge is 0.322 e. The van der Waals surface area contributed by atoms with Gasteiger partial charge in [-0.1, -0.05) is 18.2 Å². The molecular weight excluding hydrogens is 422 g/mol. The van der Waals surface area contributed by atoms with Crippen LogP contribution in [0, 0.1) is 0 Å². The molecule has 31 heavy (non-hydrogen) atoms. The molecule has 0 saturated carbocycles. The lowest BCUT2D eigenvalue weighted by Gasteiger charge is -2.20. The number of hydrogen-bond acceptors (Lipinski definition) is 6. The monoisotopic (exact) mass is 449 g/mol. The lowest BCUT2D eigenvalue weighted by Crippen LogP contribution is -2.53. The summed E-state index contributed by atoms with van der Waals surface area (Å²) in [7, 11) is 0. The second-order valence-corrected chi connectivity index (χ2v) is 7.89. The number of benzene rings is 1. The SMILES string of the molecule is CSCCC(N)C(=O)NC(Cc1c[nH]c2ccccc12)C(=O)NCC(=O)NCC(=O)O. The van der Waals surface area contributed by atoms with Crippen LogP contribution in [0.25, 0.3) is 10.9 Å². The third-order valence-electron chi connectivity index (χ3n) is 4.56. The number of aromatic nitrogens is 1. The fourth-order valence-electron chi connectivity index (χ4n) is 2.91. The number of thioether (sulfide) groups is 1. The molecule has 0 saturated heterocycles. The van der Waals surface area contributed by atoms with Gasteiger partial charge in [0.05, 0.1) is 12.6 Å². The molecule has 1 aromatic heterocycles. The second-order valence-electron chi connectivity index (χ2n) is 6.90. The Balaban J connectivity index is 2.09. The molecule has 0 spiro atoms. The van der Waals surface area contributed by atoms with E-state index in [1.807, 2.05) is 30.5 Å². The molecule has 2 unspecified atom stereocenters. The van der Waals surface area contributed by atoms with Gasteiger partial charge in [0.1, 0.15) is 12.6 Å². The van der Waals surface area contributed by atoms with Gasteiger partial charge in [-0.15, -0.1) is 0 Å². The number of carbonyl (C=O) groups is 4. The van der Waals surface area contributed by atoms with Crippen molar-refractivity contribution < 1.29 is 24.3 Å². The van der Waals surface area contributed by atoms with Gasteiger partial charge in [-0.05, 0) is 30.1 Å². The summed E-state index contributed by atoms with van der Waals surface area (Å²) in [5.74, 6) is -2.16. The van der Waals surface area contributed by atoms with E-state index in [0.717, 1.165) is 16.5 Å². The first-order valence-corrected chi connectivity index (χ1v) is 11.1. The average molecular weight is 450 g/mol. The summed E-state index contributed by atoms with van der Waals surface area (Å²) in [6.07, 6.45) is 4.33. The molecule has 0 radical (unpaired) electrons. The van der Waals surface area contributed by atoms with E-state index in [-0.39, 0.29) is 6.42 Å². The van der Waals surface area contributed by atoms with E-state index >= 15 is 0 Å². The predicted molar refractivity (Wildman–Crippen MR) is 119 cm³/mol. The maximum Gasteiger partial charge on any atom is 0.322 e. The van der Waals surface area contributed by atoms with E-state index in [1.54, 1.807) is 18.0 Å². The van der Waals surface area contributed by atoms with Gasteiger partial charge in [0.15, 0.2) is 0 Å². The fourth-order valence-corrected chi connectivity index (χ4v) is 3.40. The molecule has 2 rings (SSSR count). The molecule has 10 nitrogen and oxygen atoms in total. The standard InChI is InChI=1S/C20H27N5O5S/c1-31-7-6-14(21)19(29)25-16(20(30)24-10-17(26)23-11-18(27)28)8-12-9-22-15-5-3-2-4-13(12)15/h2-5,9,14,16,22H,6-8,10-11,21H2,1H3,(H,23,26)(H,24,30)(H,25,29)(H,27,28). The Kier molecular flexibility index (Phi) is 9.35. The molecule has 1 aromatic carbocycles. The van der Waals surface area contributed by atoms with E-state index in [1.165, 1.54) is 0 Å². The molecule has 168 valence electrons. The molecule has 2 atom stereocenters. The van der Waals surface area contributed by atoms with Crippen LogP contribution in [0.3, 0.4) is 0 Å². The summed E-state index contributed by atoms with van der Waals surface area (Å²) in [5, 5.41) is 16.8. The van der Waals surface area contributed by atoms with Crippen molar-refractivity contribution in [3.8, 4) is 0 Å². The zero-order valence-electron chi connectivity index (χ0n) is 17.1. The number of aliphatic carboxylic acids is 1. The summed E-state index contributed by atoms with van der Waals surface area (Å²) in [6.45, 7) is -0.959. The van der Waals surface area contributed by atoms with Crippen LogP contribution >= 0.6 is 11.8 Å². The highest BCUT2D eigenvalue weighted by molar-refractivity contribution is 7.98. The van der Waals surface area contributed by atoms with Gasteiger partial charge < -0.3 is 31.8 Å². The quantitative estimate of drug-likeness (QED) is 0.256. The molecule has 0 aliphatic heterocycles. The topological polar surface area (TPSA) is 166 Å². The van der Waals surface area contributed by atoms with Gasteiger partial charge in [-0.25, -0.2) is 0 Å². The number of rotatable bonds is 12. The third kappa shape index (κ3) is 7.61. The van der Waals surface area contributed by atoms with Crippen LogP contribution in [-0.4, -0.2) is 71.0 Å². The molecule has 0 bridgehead atoms. The first-order valence-electron chi connectivity index (χ1n) is 9.68. The summed E-state index contributed by atoms with van der Waals surface area (Å²) in [6, 6.07) is 5.84. The van der Waals surface area contributed by atoms with Gasteiger partial charge in [0.2, 0.25) is 17.7 Å². The first kappa shape index (κ1) is 24.2. The number of para-hydroxylation sites is 1. The molecule has 3 amide bonds. The van der Waals surface area contributed by atoms with Gasteiger partial charge in [0.25, 0.3) is 0 Å². The minimum atomic E-state index is -1.19. The molecule has 0 aliphatic carbocycles. The van der Waals surface area contributed by atoms with E-state index in [4.69, 9.17) is 10.8 Å². The summed E-state index contributed by atoms with van der Waals surface area (Å²) in [4.78, 5) is 50.6. The van der Waals surface area contributed by atoms with Crippen LogP contribution in [-0.2, 0) is 25.6 Å². The van der Waals surface area contributed by atoms with Crippen LogP contribution in [0.15, 0.2) is 30.5 Å². The van der Waals surface area contributed by atoms with E-state index in [0.29, 0.717) is 12.2 Å². The van der Waals surface area contributed by atoms with E-state index in [9.17, 15) is 19.2 Å². The predicted octanol–water partition coefficient (Wildman–Crippen LogP) is -0.407. The fraction of sp³-hybridized carbons (Fsp3) is 0.400. The third-order valence-corrected chi connectivity index (χ3v) is 5.21. The van der Waals surface area contributed by atoms with Crippen LogP contribution in [0.4, 0.5) is 0 Å². The van der Waals surface area contributed by atoms with Crippen LogP contribution in [0.1, 0.15) is 12.0 Å². The lowest BCUT2D eigenvalue weighted by molar-refractivity contribution is -0.138. The van der Waals surface area contributed by atoms with Crippen molar-refractivity contribution in [2.24, 2.45) is 5.73 Å². The van der Waals surface area contributed by atoms with Crippen molar-refractivity contribution in [2.75, 3.05) is 25.1 Å². The van der Waals surface area contributed by atoms with Crippen molar-refractivity contribution >= 4 is 46.4 Å². The number of carboxylic acid groups (broad SMARTS) is 1. The summed E-state index contributed by atoms with van der Waals surface area (Å²) >= 11 is 1.57. The highest BCUT2D eigenvalue weighted by Crippen LogP contribution is 2.19. The Bertz CT molecular complexity index is 932. The van der Waals surface area contributed by atoms with Crippen molar-refractivity contribution in [2.45, 2.75) is 24.9 Å². The Morgan fingerprint density at radius 1 is 1.13 bits per heavy atom. The van der Waals surface area contributed by atoms with E-state index in [2.05, 4.69) is 20.9 Å². The number of fused-ring (bicyclic) bond motifs is 1. The van der Waals surface area contributed by atoms with Crippen molar-refractivity contribution in [3.63, 3.8) is 0 Å². The molecule has 2 aromatic rings. The zero-order valence-corrected chi connectivity index (χ0v) is 18.0. The second kappa shape index (κ2) is 12.0. The molecule has 1 heterocycles. The number of amides is 3. The normalized spacial score (nSPS) is 12.7. The molecule has 0 aliphatic rings. The van der Waals surface area contributed by atoms with Gasteiger partial charge in [0, 0.05) is 23.5 Å². The van der Waals surface area contributed by atoms with Crippen LogP contribution in [0.2, 0.25) is 0 Å². The largest absolute Gasteiger partial charge is 0.480 e. The number of nitrogens with one attached hydrogen (secondary N) is 4. The van der Waals surface area contributed by atoms with Gasteiger partial charge in [-0.3, -0.25) is 19.2 Å². The Labute approximate surface area is 183 Å². The summed E-state index contributed by atoms with van der Waals surface area (Å²) in [5.41, 5.74) is 7.64. The number of carbonyl (C=O) groups excluding carboxylic acids is 3. The van der Waals surface area contributed by atoms with Crippen molar-refractivity contribution in [1.82, 2.24) is 20.9 Å². The van der Waals surface area contributed by atoms with Gasteiger partial charge >= 0.3 is 5.97 Å². The Morgan fingerprint density at radius 3 is 2.58 bits per heavy atom. The number of hydrogen-bond donors (Lipinski definition) is 6. The first-order chi connectivity index (χ1) is 14.8. The Morgan fingerprint density at radius 2 is 1.87 bits per heavy atom. The Hall–Kier alpha value is -3.05. The number of nitrogens with two attached hydrogens (primary N) is 1. The highest BCUT2D eigenvalue weighted by atomic mass is 32.2. The maximum atomic E-state index is 12.7. The molecule has 11 heteroatoms. The van der Waals surface area contributed by atoms with Crippen LogP contribution < -0.4 is 21.7 Å². The minimum Gasteiger partial charge on any atom is -0.480 e. The molecule has 0 fully saturated rings. The summed E-state index contributed by atoms with van der Waals surface area (Å²) < 4.78 is 0. The molecule has 7 N–H and O–H groups in total. The van der Waals surface area contributed by atoms with Crippen LogP contribution in [0.5, 0.6) is 0 Å². The number of carboxylic acids is 1. The van der Waals surface area contributed by atoms with Crippen molar-refractivity contribution in [3.05, 3.63) is 36.0 Å². The average Bonchev–Trinajstić information content (AvgIpc) is 3.16. The molecular formula is C20H27N5O5S. The lowest BCUT2D eigenvalue weighted by atomic mass is 10.0. The highest BCUT2D eigenvalue weighted by Gasteiger charge is 2.25. The zero-order chi connectivity index (χ0) is 22.8. The van der Waals surface area contributed by atoms with E-state index < -0.39 is 48.9 Å². The minimum absolute atomic E-state index is 0.188. The maximum absolute atomic E-state index is 12.7. The number of aromatic amines is 1. The van der Waals surface area contributed by atoms with Gasteiger partial charge in [-0.2, -0.15) is 11.8 Å². The number of H-pyrrole nitrogens is 1. The van der Waals surface area contributed by atoms with Crippen molar-refractivity contribution in [1.29, 1.82) is 0 Å².